The van der Waals surface area contributed by atoms with Gasteiger partial charge >= 0.3 is 0 Å². The second-order valence-corrected chi connectivity index (χ2v) is 2.68. The molecule has 15 heavy (non-hydrogen) atoms. The van der Waals surface area contributed by atoms with E-state index in [1.807, 2.05) is 47.7 Å². The van der Waals surface area contributed by atoms with Crippen molar-refractivity contribution in [3.05, 3.63) is 23.7 Å². The third-order valence-corrected chi connectivity index (χ3v) is 1.69. The molecule has 0 amide bonds. The van der Waals surface area contributed by atoms with Gasteiger partial charge in [0.25, 0.3) is 0 Å². The van der Waals surface area contributed by atoms with Crippen molar-refractivity contribution in [1.82, 2.24) is 15.0 Å². The highest BCUT2D eigenvalue weighted by Crippen LogP contribution is 2.11. The van der Waals surface area contributed by atoms with E-state index in [9.17, 15) is 0 Å². The van der Waals surface area contributed by atoms with Gasteiger partial charge in [-0.2, -0.15) is 0 Å². The minimum Gasteiger partial charge on any atom is -0.345 e. The third kappa shape index (κ3) is 3.35. The van der Waals surface area contributed by atoms with Crippen molar-refractivity contribution in [3.8, 4) is 0 Å². The Bertz CT molecular complexity index is 391. The maximum absolute atomic E-state index is 4.34. The van der Waals surface area contributed by atoms with Crippen LogP contribution >= 0.6 is 0 Å². The zero-order chi connectivity index (χ0) is 11.8. The standard InChI is InChI=1S/C8H9N3.2C2H6/c1-5-3-9-8-7(5)11-6(2)4-10-8;2*1-2/h3-4H,1-2H3,(H,9,10);2*1-2H3. The van der Waals surface area contributed by atoms with E-state index < -0.39 is 0 Å². The Labute approximate surface area is 92.0 Å². The summed E-state index contributed by atoms with van der Waals surface area (Å²) in [7, 11) is 0. The molecule has 0 aromatic carbocycles. The smallest absolute Gasteiger partial charge is 0.156 e. The molecule has 0 saturated heterocycles. The number of nitrogens with zero attached hydrogens (tertiary/aromatic N) is 2. The van der Waals surface area contributed by atoms with Crippen molar-refractivity contribution in [1.29, 1.82) is 0 Å². The summed E-state index contributed by atoms with van der Waals surface area (Å²) in [6, 6.07) is 0. The Kier molecular flexibility index (Phi) is 6.34. The summed E-state index contributed by atoms with van der Waals surface area (Å²) in [6.07, 6.45) is 3.68. The molecule has 0 fully saturated rings. The topological polar surface area (TPSA) is 41.6 Å². The van der Waals surface area contributed by atoms with Crippen molar-refractivity contribution < 1.29 is 0 Å². The molecule has 3 nitrogen and oxygen atoms in total. The van der Waals surface area contributed by atoms with Crippen LogP contribution in [0.4, 0.5) is 0 Å². The Hall–Kier alpha value is -1.38. The zero-order valence-corrected chi connectivity index (χ0v) is 10.5. The maximum Gasteiger partial charge on any atom is 0.156 e. The molecule has 0 aliphatic heterocycles. The molecule has 3 heteroatoms. The minimum atomic E-state index is 0.869. The number of H-pyrrole nitrogens is 1. The molecule has 0 aliphatic carbocycles. The van der Waals surface area contributed by atoms with Gasteiger partial charge in [0.2, 0.25) is 0 Å². The number of aromatic amines is 1. The predicted octanol–water partition coefficient (Wildman–Crippen LogP) is 3.63. The highest BCUT2D eigenvalue weighted by molar-refractivity contribution is 5.74. The summed E-state index contributed by atoms with van der Waals surface area (Å²) in [6.45, 7) is 12.0. The van der Waals surface area contributed by atoms with Gasteiger partial charge in [0.1, 0.15) is 5.52 Å². The summed E-state index contributed by atoms with van der Waals surface area (Å²) >= 11 is 0. The van der Waals surface area contributed by atoms with Gasteiger partial charge in [-0.15, -0.1) is 0 Å². The summed E-state index contributed by atoms with van der Waals surface area (Å²) in [4.78, 5) is 11.6. The Morgan fingerprint density at radius 3 is 2.27 bits per heavy atom. The van der Waals surface area contributed by atoms with Gasteiger partial charge in [-0.25, -0.2) is 9.97 Å². The summed E-state index contributed by atoms with van der Waals surface area (Å²) in [5, 5.41) is 0. The lowest BCUT2D eigenvalue weighted by atomic mass is 10.3. The molecule has 2 rings (SSSR count). The van der Waals surface area contributed by atoms with E-state index in [4.69, 9.17) is 0 Å². The minimum absolute atomic E-state index is 0.869. The van der Waals surface area contributed by atoms with Gasteiger partial charge in [0.15, 0.2) is 5.65 Å². The number of rotatable bonds is 0. The van der Waals surface area contributed by atoms with Crippen molar-refractivity contribution in [3.63, 3.8) is 0 Å². The molecule has 0 atom stereocenters. The van der Waals surface area contributed by atoms with Crippen LogP contribution in [-0.2, 0) is 0 Å². The van der Waals surface area contributed by atoms with Crippen LogP contribution in [0.5, 0.6) is 0 Å². The van der Waals surface area contributed by atoms with Crippen LogP contribution in [0.2, 0.25) is 0 Å². The molecule has 0 spiro atoms. The van der Waals surface area contributed by atoms with Crippen molar-refractivity contribution in [2.45, 2.75) is 41.5 Å². The Morgan fingerprint density at radius 1 is 1.07 bits per heavy atom. The fourth-order valence-corrected chi connectivity index (χ4v) is 1.10. The lowest BCUT2D eigenvalue weighted by Crippen LogP contribution is -1.84. The fourth-order valence-electron chi connectivity index (χ4n) is 1.10. The molecule has 0 aliphatic rings. The number of fused-ring (bicyclic) bond motifs is 1. The Balaban J connectivity index is 0.000000442. The quantitative estimate of drug-likeness (QED) is 0.716. The molecule has 2 aromatic heterocycles. The second kappa shape index (κ2) is 6.98. The first-order chi connectivity index (χ1) is 7.27. The van der Waals surface area contributed by atoms with Crippen LogP contribution in [0.1, 0.15) is 39.0 Å². The molecule has 0 bridgehead atoms. The number of aryl methyl sites for hydroxylation is 2. The first-order valence-electron chi connectivity index (χ1n) is 5.55. The fraction of sp³-hybridized carbons (Fsp3) is 0.500. The van der Waals surface area contributed by atoms with Crippen molar-refractivity contribution in [2.75, 3.05) is 0 Å². The van der Waals surface area contributed by atoms with Crippen LogP contribution in [0, 0.1) is 13.8 Å². The van der Waals surface area contributed by atoms with Crippen LogP contribution in [0.25, 0.3) is 11.2 Å². The Morgan fingerprint density at radius 2 is 1.67 bits per heavy atom. The second-order valence-electron chi connectivity index (χ2n) is 2.68. The van der Waals surface area contributed by atoms with E-state index in [1.165, 1.54) is 0 Å². The van der Waals surface area contributed by atoms with Crippen LogP contribution < -0.4 is 0 Å². The van der Waals surface area contributed by atoms with Gasteiger partial charge in [0.05, 0.1) is 11.9 Å². The SMILES string of the molecule is CC.CC.Cc1cnc2[nH]cc(C)c2n1. The van der Waals surface area contributed by atoms with Gasteiger partial charge in [-0.3, -0.25) is 0 Å². The van der Waals surface area contributed by atoms with E-state index in [0.29, 0.717) is 0 Å². The highest BCUT2D eigenvalue weighted by Gasteiger charge is 2.00. The molecule has 84 valence electrons. The summed E-state index contributed by atoms with van der Waals surface area (Å²) < 4.78 is 0. The number of aromatic nitrogens is 3. The third-order valence-electron chi connectivity index (χ3n) is 1.69. The molecule has 0 unspecified atom stereocenters. The van der Waals surface area contributed by atoms with Gasteiger partial charge in [-0.05, 0) is 19.4 Å². The van der Waals surface area contributed by atoms with E-state index >= 15 is 0 Å². The molecule has 1 N–H and O–H groups in total. The van der Waals surface area contributed by atoms with Crippen LogP contribution in [-0.4, -0.2) is 15.0 Å². The van der Waals surface area contributed by atoms with Gasteiger partial charge in [-0.1, -0.05) is 27.7 Å². The predicted molar refractivity (Wildman–Crippen MR) is 66.1 cm³/mol. The molecule has 2 aromatic rings. The monoisotopic (exact) mass is 207 g/mol. The normalized spacial score (nSPS) is 8.67. The molecule has 2 heterocycles. The molecular weight excluding hydrogens is 186 g/mol. The van der Waals surface area contributed by atoms with Crippen LogP contribution in [0.3, 0.4) is 0 Å². The number of hydrogen-bond donors (Lipinski definition) is 1. The molecule has 0 saturated carbocycles. The lowest BCUT2D eigenvalue weighted by molar-refractivity contribution is 1.17. The van der Waals surface area contributed by atoms with Gasteiger partial charge in [0, 0.05) is 6.20 Å². The largest absolute Gasteiger partial charge is 0.345 e. The first kappa shape index (κ1) is 13.6. The highest BCUT2D eigenvalue weighted by atomic mass is 14.9. The molecular formula is C12H21N3. The van der Waals surface area contributed by atoms with E-state index in [-0.39, 0.29) is 0 Å². The lowest BCUT2D eigenvalue weighted by Gasteiger charge is -1.91. The first-order valence-corrected chi connectivity index (χ1v) is 5.55. The van der Waals surface area contributed by atoms with Crippen molar-refractivity contribution in [2.24, 2.45) is 0 Å². The molecule has 0 radical (unpaired) electrons. The zero-order valence-electron chi connectivity index (χ0n) is 10.5. The average Bonchev–Trinajstić information content (AvgIpc) is 2.66. The van der Waals surface area contributed by atoms with Crippen molar-refractivity contribution >= 4 is 11.2 Å². The number of nitrogens with one attached hydrogen (secondary N) is 1. The van der Waals surface area contributed by atoms with E-state index in [2.05, 4.69) is 15.0 Å². The van der Waals surface area contributed by atoms with E-state index in [1.54, 1.807) is 6.20 Å². The average molecular weight is 207 g/mol. The number of hydrogen-bond acceptors (Lipinski definition) is 2. The summed E-state index contributed by atoms with van der Waals surface area (Å²) in [5.74, 6) is 0. The summed E-state index contributed by atoms with van der Waals surface area (Å²) in [5.41, 5.74) is 3.95. The van der Waals surface area contributed by atoms with Gasteiger partial charge < -0.3 is 4.98 Å². The maximum atomic E-state index is 4.34. The van der Waals surface area contributed by atoms with E-state index in [0.717, 1.165) is 22.4 Å². The van der Waals surface area contributed by atoms with Crippen LogP contribution in [0.15, 0.2) is 12.4 Å².